The second kappa shape index (κ2) is 4.19. The van der Waals surface area contributed by atoms with Crippen LogP contribution in [0.1, 0.15) is 0 Å². The maximum absolute atomic E-state index is 6.72. The first kappa shape index (κ1) is 9.32. The summed E-state index contributed by atoms with van der Waals surface area (Å²) in [5, 5.41) is 10.5. The second-order valence-electron chi connectivity index (χ2n) is 1.18. The van der Waals surface area contributed by atoms with Crippen molar-refractivity contribution in [3.63, 3.8) is 0 Å². The van der Waals surface area contributed by atoms with E-state index in [4.69, 9.17) is 10.9 Å². The molecule has 0 aliphatic rings. The van der Waals surface area contributed by atoms with E-state index in [0.717, 1.165) is 11.9 Å². The van der Waals surface area contributed by atoms with Gasteiger partial charge in [-0.1, -0.05) is 5.16 Å². The van der Waals surface area contributed by atoms with Crippen LogP contribution in [0.5, 0.6) is 0 Å². The molecule has 0 saturated heterocycles. The average Bonchev–Trinajstić information content (AvgIpc) is 2.14. The van der Waals surface area contributed by atoms with E-state index in [-0.39, 0.29) is 29.6 Å². The van der Waals surface area contributed by atoms with Gasteiger partial charge >= 0.3 is 29.6 Å². The largest absolute Gasteiger partial charge is 1.00 e. The molecule has 4 nitrogen and oxygen atoms in total. The topological polar surface area (TPSA) is 75.8 Å². The third kappa shape index (κ3) is 2.19. The minimum atomic E-state index is 0. The van der Waals surface area contributed by atoms with Crippen LogP contribution in [-0.4, -0.2) is 5.16 Å². The molecule has 1 aromatic heterocycles. The molecular weight excluding hydrogens is 149 g/mol. The number of nitrogens with two attached hydrogens (primary N) is 1. The predicted octanol–water partition coefficient (Wildman–Crippen LogP) is -1.68. The molecule has 0 amide bonds. The Morgan fingerprint density at radius 2 is 2.44 bits per heavy atom. The summed E-state index contributed by atoms with van der Waals surface area (Å²) in [6, 6.07) is 0. The fourth-order valence-corrected chi connectivity index (χ4v) is 0.558. The van der Waals surface area contributed by atoms with Gasteiger partial charge in [0.15, 0.2) is 0 Å². The number of nitrogens with zero attached hydrogens (tertiary/aromatic N) is 1. The minimum absolute atomic E-state index is 0. The van der Waals surface area contributed by atoms with Gasteiger partial charge in [0.05, 0.1) is 0 Å². The van der Waals surface area contributed by atoms with Crippen molar-refractivity contribution in [2.24, 2.45) is 0 Å². The van der Waals surface area contributed by atoms with Gasteiger partial charge in [-0.25, -0.2) is 11.9 Å². The van der Waals surface area contributed by atoms with Crippen LogP contribution in [0.25, 0.3) is 5.14 Å². The number of hydrogen-bond acceptors (Lipinski definition) is 4. The molecule has 1 aromatic rings. The van der Waals surface area contributed by atoms with Crippen molar-refractivity contribution < 1.29 is 34.1 Å². The molecule has 1 heterocycles. The van der Waals surface area contributed by atoms with Gasteiger partial charge in [-0.2, -0.15) is 0 Å². The van der Waals surface area contributed by atoms with E-state index in [1.54, 1.807) is 0 Å². The van der Waals surface area contributed by atoms with Crippen LogP contribution in [0.3, 0.4) is 0 Å². The molecular formula is C3H4N3NaOS. The zero-order valence-electron chi connectivity index (χ0n) is 4.92. The molecule has 6 heteroatoms. The average molecular weight is 153 g/mol. The molecule has 0 aliphatic heterocycles. The van der Waals surface area contributed by atoms with Crippen molar-refractivity contribution in [3.05, 3.63) is 11.4 Å². The molecule has 0 aromatic carbocycles. The summed E-state index contributed by atoms with van der Waals surface area (Å²) < 4.78 is 4.42. The van der Waals surface area contributed by atoms with E-state index in [2.05, 4.69) is 9.68 Å². The number of hydrogen-bond donors (Lipinski definition) is 1. The van der Waals surface area contributed by atoms with E-state index in [1.807, 2.05) is 0 Å². The van der Waals surface area contributed by atoms with Crippen LogP contribution in [0.4, 0.5) is 5.69 Å². The fraction of sp³-hybridized carbons (Fsp3) is 0. The molecule has 0 saturated carbocycles. The first-order valence-corrected chi connectivity index (χ1v) is 2.69. The summed E-state index contributed by atoms with van der Waals surface area (Å²) in [5.41, 5.74) is 5.68. The Morgan fingerprint density at radius 1 is 1.78 bits per heavy atom. The first-order valence-electron chi connectivity index (χ1n) is 1.88. The third-order valence-corrected chi connectivity index (χ3v) is 1.16. The number of anilines is 1. The molecule has 0 bridgehead atoms. The number of nitrogen functional groups attached to an aromatic ring is 1. The maximum atomic E-state index is 6.72. The smallest absolute Gasteiger partial charge is 0.616 e. The minimum Gasteiger partial charge on any atom is -0.616 e. The Bertz CT molecular complexity index is 179. The van der Waals surface area contributed by atoms with Crippen LogP contribution in [-0.2, 0) is 0 Å². The molecule has 3 N–H and O–H groups in total. The summed E-state index contributed by atoms with van der Waals surface area (Å²) >= 11 is 0.722. The standard InChI is InChI=1S/C3H4N3OS.Na/c4-2-1-7-6-3(2)8-5;/h1,5H,4H2;/q-1;+1. The van der Waals surface area contributed by atoms with Crippen molar-refractivity contribution in [1.82, 2.24) is 5.16 Å². The van der Waals surface area contributed by atoms with Crippen LogP contribution in [0.2, 0.25) is 0 Å². The van der Waals surface area contributed by atoms with Crippen LogP contribution in [0, 0.1) is 0 Å². The van der Waals surface area contributed by atoms with Gasteiger partial charge in [-0.05, 0) is 0 Å². The summed E-state index contributed by atoms with van der Waals surface area (Å²) in [5.74, 6) is 0. The molecule has 0 radical (unpaired) electrons. The summed E-state index contributed by atoms with van der Waals surface area (Å²) in [6.45, 7) is 0. The Labute approximate surface area is 78.7 Å². The van der Waals surface area contributed by atoms with Crippen molar-refractivity contribution in [2.75, 3.05) is 5.73 Å². The van der Waals surface area contributed by atoms with Gasteiger partial charge in [0.2, 0.25) is 0 Å². The normalized spacial score (nSPS) is 8.56. The van der Waals surface area contributed by atoms with Crippen molar-refractivity contribution in [2.45, 2.75) is 5.03 Å². The quantitative estimate of drug-likeness (QED) is 0.386. The van der Waals surface area contributed by atoms with E-state index in [1.165, 1.54) is 6.26 Å². The van der Waals surface area contributed by atoms with E-state index in [9.17, 15) is 0 Å². The Morgan fingerprint density at radius 3 is 2.67 bits per heavy atom. The zero-order valence-corrected chi connectivity index (χ0v) is 7.73. The maximum Gasteiger partial charge on any atom is 1.00 e. The van der Waals surface area contributed by atoms with Gasteiger partial charge in [-0.15, -0.1) is 0 Å². The van der Waals surface area contributed by atoms with Gasteiger partial charge in [0, 0.05) is 0 Å². The molecule has 1 rings (SSSR count). The Hall–Kier alpha value is 0.320. The molecule has 44 valence electrons. The summed E-state index contributed by atoms with van der Waals surface area (Å²) in [7, 11) is 0. The molecule has 0 fully saturated rings. The Kier molecular flexibility index (Phi) is 4.33. The van der Waals surface area contributed by atoms with Crippen LogP contribution < -0.4 is 35.3 Å². The van der Waals surface area contributed by atoms with E-state index >= 15 is 0 Å². The van der Waals surface area contributed by atoms with E-state index in [0.29, 0.717) is 10.7 Å². The number of aromatic nitrogens is 1. The third-order valence-electron chi connectivity index (χ3n) is 0.659. The number of rotatable bonds is 1. The van der Waals surface area contributed by atoms with Gasteiger partial charge in [0.1, 0.15) is 17.0 Å². The van der Waals surface area contributed by atoms with Crippen molar-refractivity contribution in [3.8, 4) is 0 Å². The van der Waals surface area contributed by atoms with Crippen molar-refractivity contribution >= 4 is 17.6 Å². The second-order valence-corrected chi connectivity index (χ2v) is 1.77. The SMILES string of the molecule is [NH-]Sc1nocc1N.[Na+]. The van der Waals surface area contributed by atoms with Crippen LogP contribution >= 0.6 is 11.9 Å². The molecule has 0 spiro atoms. The van der Waals surface area contributed by atoms with Gasteiger partial charge in [0.25, 0.3) is 0 Å². The van der Waals surface area contributed by atoms with Gasteiger partial charge in [-0.3, -0.25) is 0 Å². The fourth-order valence-electron chi connectivity index (χ4n) is 0.312. The molecule has 0 aliphatic carbocycles. The summed E-state index contributed by atoms with van der Waals surface area (Å²) in [6.07, 6.45) is 1.30. The van der Waals surface area contributed by atoms with Crippen LogP contribution in [0.15, 0.2) is 15.8 Å². The Balaban J connectivity index is 0.000000640. The molecule has 0 atom stereocenters. The molecule has 0 unspecified atom stereocenters. The monoisotopic (exact) mass is 153 g/mol. The molecule has 9 heavy (non-hydrogen) atoms. The van der Waals surface area contributed by atoms with Crippen molar-refractivity contribution in [1.29, 1.82) is 0 Å². The summed E-state index contributed by atoms with van der Waals surface area (Å²) in [4.78, 5) is 0. The number of nitrogens with one attached hydrogen (secondary N) is 1. The predicted molar refractivity (Wildman–Crippen MR) is 31.1 cm³/mol. The zero-order chi connectivity index (χ0) is 5.98. The first-order chi connectivity index (χ1) is 3.84. The van der Waals surface area contributed by atoms with Gasteiger partial charge < -0.3 is 15.4 Å². The van der Waals surface area contributed by atoms with E-state index < -0.39 is 0 Å².